The largest absolute Gasteiger partial charge is 0.373 e. The molecule has 0 saturated carbocycles. The van der Waals surface area contributed by atoms with E-state index >= 15 is 0 Å². The van der Waals surface area contributed by atoms with Crippen molar-refractivity contribution in [3.63, 3.8) is 0 Å². The van der Waals surface area contributed by atoms with Gasteiger partial charge >= 0.3 is 6.15 Å². The molecule has 0 aliphatic heterocycles. The van der Waals surface area contributed by atoms with E-state index in [1.807, 2.05) is 19.1 Å². The Bertz CT molecular complexity index is 1070. The summed E-state index contributed by atoms with van der Waals surface area (Å²) in [6.45, 7) is 1.98. The highest BCUT2D eigenvalue weighted by molar-refractivity contribution is 5.71. The maximum Gasteiger partial charge on any atom is 0.373 e. The van der Waals surface area contributed by atoms with Crippen molar-refractivity contribution in [2.45, 2.75) is 19.8 Å². The molecule has 1 aromatic carbocycles. The van der Waals surface area contributed by atoms with E-state index in [0.29, 0.717) is 24.2 Å². The fourth-order valence-electron chi connectivity index (χ4n) is 3.04. The number of aryl methyl sites for hydroxylation is 1. The van der Waals surface area contributed by atoms with E-state index in [4.69, 9.17) is 9.59 Å². The van der Waals surface area contributed by atoms with Crippen LogP contribution < -0.4 is 5.56 Å². The van der Waals surface area contributed by atoms with Crippen molar-refractivity contribution < 1.29 is 14.0 Å². The molecule has 0 fully saturated rings. The Hall–Kier alpha value is -3.44. The zero-order valence-corrected chi connectivity index (χ0v) is 13.9. The van der Waals surface area contributed by atoms with Crippen LogP contribution in [0.4, 0.5) is 4.39 Å². The summed E-state index contributed by atoms with van der Waals surface area (Å²) in [4.78, 5) is 40.4. The highest BCUT2D eigenvalue weighted by Gasteiger charge is 2.25. The Kier molecular flexibility index (Phi) is 4.82. The lowest BCUT2D eigenvalue weighted by Crippen LogP contribution is -2.15. The summed E-state index contributed by atoms with van der Waals surface area (Å²) in [7, 11) is 0. The quantitative estimate of drug-likeness (QED) is 0.598. The maximum absolute atomic E-state index is 13.3. The second-order valence-electron chi connectivity index (χ2n) is 5.92. The maximum atomic E-state index is 13.3. The lowest BCUT2D eigenvalue weighted by atomic mass is 10.1. The molecule has 0 unspecified atom stereocenters. The van der Waals surface area contributed by atoms with Crippen molar-refractivity contribution in [2.75, 3.05) is 0 Å². The summed E-state index contributed by atoms with van der Waals surface area (Å²) in [5.41, 5.74) is 4.70. The summed E-state index contributed by atoms with van der Waals surface area (Å²) < 4.78 is 13.3. The van der Waals surface area contributed by atoms with Crippen molar-refractivity contribution >= 4 is 6.15 Å². The third-order valence-corrected chi connectivity index (χ3v) is 4.00. The minimum Gasteiger partial charge on any atom is -0.310 e. The van der Waals surface area contributed by atoms with Gasteiger partial charge in [-0.3, -0.25) is 9.78 Å². The van der Waals surface area contributed by atoms with Gasteiger partial charge in [-0.15, -0.1) is 0 Å². The smallest absolute Gasteiger partial charge is 0.310 e. The van der Waals surface area contributed by atoms with Crippen LogP contribution in [-0.4, -0.2) is 21.1 Å². The zero-order chi connectivity index (χ0) is 18.7. The van der Waals surface area contributed by atoms with Crippen LogP contribution in [0.3, 0.4) is 0 Å². The second kappa shape index (κ2) is 7.21. The summed E-state index contributed by atoms with van der Waals surface area (Å²) in [6, 6.07) is 8.35. The number of nitrogens with one attached hydrogen (secondary N) is 1. The van der Waals surface area contributed by atoms with Crippen LogP contribution in [0.5, 0.6) is 0 Å². The predicted molar refractivity (Wildman–Crippen MR) is 89.8 cm³/mol. The van der Waals surface area contributed by atoms with E-state index in [1.165, 1.54) is 12.1 Å². The third-order valence-electron chi connectivity index (χ3n) is 4.00. The lowest BCUT2D eigenvalue weighted by molar-refractivity contribution is -0.191. The highest BCUT2D eigenvalue weighted by Crippen LogP contribution is 2.31. The van der Waals surface area contributed by atoms with Crippen LogP contribution in [0.1, 0.15) is 28.2 Å². The molecule has 26 heavy (non-hydrogen) atoms. The molecule has 3 aromatic rings. The SMILES string of the molecule is Cc1cnc2c(c1)Cc1nc(Cc3cccc(F)c3)[nH]c(=O)c1-2.O=C=O. The van der Waals surface area contributed by atoms with Crippen LogP contribution in [0.2, 0.25) is 0 Å². The molecular formula is C19H14FN3O3. The molecule has 0 radical (unpaired) electrons. The van der Waals surface area contributed by atoms with Gasteiger partial charge in [-0.1, -0.05) is 18.2 Å². The number of carbonyl (C=O) groups excluding carboxylic acids is 2. The molecule has 6 nitrogen and oxygen atoms in total. The average Bonchev–Trinajstić information content (AvgIpc) is 2.93. The van der Waals surface area contributed by atoms with E-state index in [0.717, 1.165) is 28.1 Å². The molecule has 2 aromatic heterocycles. The van der Waals surface area contributed by atoms with Gasteiger partial charge in [0.2, 0.25) is 0 Å². The Labute approximate surface area is 147 Å². The third kappa shape index (κ3) is 3.48. The molecule has 2 heterocycles. The topological polar surface area (TPSA) is 92.8 Å². The number of rotatable bonds is 2. The van der Waals surface area contributed by atoms with Crippen molar-refractivity contribution in [1.29, 1.82) is 0 Å². The van der Waals surface area contributed by atoms with Gasteiger partial charge < -0.3 is 4.98 Å². The Morgan fingerprint density at radius 1 is 1.27 bits per heavy atom. The number of hydrogen-bond donors (Lipinski definition) is 1. The van der Waals surface area contributed by atoms with Gasteiger partial charge in [-0.2, -0.15) is 9.59 Å². The number of nitrogens with zero attached hydrogens (tertiary/aromatic N) is 2. The molecule has 130 valence electrons. The standard InChI is InChI=1S/C18H14FN3O.CO2/c1-10-5-12-8-14-16(17(12)20-9-10)18(23)22-15(21-14)7-11-3-2-4-13(19)6-11;2-1-3/h2-6,9H,7-8H2,1H3,(H,21,22,23);. The van der Waals surface area contributed by atoms with Gasteiger partial charge in [0.15, 0.2) is 0 Å². The van der Waals surface area contributed by atoms with Crippen molar-refractivity contribution in [3.8, 4) is 11.3 Å². The monoisotopic (exact) mass is 351 g/mol. The van der Waals surface area contributed by atoms with Gasteiger partial charge in [-0.25, -0.2) is 9.37 Å². The van der Waals surface area contributed by atoms with Crippen LogP contribution in [0.25, 0.3) is 11.3 Å². The fourth-order valence-corrected chi connectivity index (χ4v) is 3.04. The molecule has 0 bridgehead atoms. The van der Waals surface area contributed by atoms with Crippen molar-refractivity contribution in [2.24, 2.45) is 0 Å². The average molecular weight is 351 g/mol. The van der Waals surface area contributed by atoms with Gasteiger partial charge in [0.05, 0.1) is 17.0 Å². The first-order valence-electron chi connectivity index (χ1n) is 7.83. The Morgan fingerprint density at radius 2 is 2.04 bits per heavy atom. The lowest BCUT2D eigenvalue weighted by Gasteiger charge is -2.04. The summed E-state index contributed by atoms with van der Waals surface area (Å²) in [5, 5.41) is 0. The molecule has 0 spiro atoms. The molecule has 0 atom stereocenters. The summed E-state index contributed by atoms with van der Waals surface area (Å²) in [5.74, 6) is 0.252. The Morgan fingerprint density at radius 3 is 2.77 bits per heavy atom. The Balaban J connectivity index is 0.000000613. The summed E-state index contributed by atoms with van der Waals surface area (Å²) in [6.07, 6.45) is 3.01. The normalized spacial score (nSPS) is 11.0. The number of pyridine rings is 1. The first-order valence-corrected chi connectivity index (χ1v) is 7.83. The van der Waals surface area contributed by atoms with Crippen LogP contribution in [-0.2, 0) is 22.4 Å². The highest BCUT2D eigenvalue weighted by atomic mass is 19.1. The minimum atomic E-state index is -0.293. The number of halogens is 1. The van der Waals surface area contributed by atoms with Gasteiger partial charge in [-0.05, 0) is 35.7 Å². The molecule has 0 amide bonds. The number of benzene rings is 1. The molecular weight excluding hydrogens is 337 g/mol. The van der Waals surface area contributed by atoms with E-state index in [9.17, 15) is 9.18 Å². The van der Waals surface area contributed by atoms with Gasteiger partial charge in [0.1, 0.15) is 11.6 Å². The van der Waals surface area contributed by atoms with Crippen LogP contribution >= 0.6 is 0 Å². The van der Waals surface area contributed by atoms with Crippen LogP contribution in [0.15, 0.2) is 41.3 Å². The van der Waals surface area contributed by atoms with E-state index in [-0.39, 0.29) is 17.5 Å². The summed E-state index contributed by atoms with van der Waals surface area (Å²) >= 11 is 0. The fraction of sp³-hybridized carbons (Fsp3) is 0.158. The zero-order valence-electron chi connectivity index (χ0n) is 13.9. The number of aromatic nitrogens is 3. The molecule has 1 N–H and O–H groups in total. The number of fused-ring (bicyclic) bond motifs is 3. The predicted octanol–water partition coefficient (Wildman–Crippen LogP) is 2.19. The molecule has 1 aliphatic rings. The second-order valence-corrected chi connectivity index (χ2v) is 5.92. The first kappa shape index (κ1) is 17.4. The minimum absolute atomic E-state index is 0.184. The van der Waals surface area contributed by atoms with Gasteiger partial charge in [0, 0.05) is 19.0 Å². The first-order chi connectivity index (χ1) is 12.5. The number of aromatic amines is 1. The molecule has 1 aliphatic carbocycles. The van der Waals surface area contributed by atoms with E-state index < -0.39 is 0 Å². The number of H-pyrrole nitrogens is 1. The van der Waals surface area contributed by atoms with Gasteiger partial charge in [0.25, 0.3) is 5.56 Å². The number of hydrogen-bond acceptors (Lipinski definition) is 5. The van der Waals surface area contributed by atoms with E-state index in [1.54, 1.807) is 12.3 Å². The van der Waals surface area contributed by atoms with E-state index in [2.05, 4.69) is 15.0 Å². The van der Waals surface area contributed by atoms with Crippen molar-refractivity contribution in [3.05, 3.63) is 80.9 Å². The molecule has 4 rings (SSSR count). The molecule has 7 heteroatoms. The van der Waals surface area contributed by atoms with Crippen LogP contribution in [0, 0.1) is 12.7 Å². The molecule has 0 saturated heterocycles. The van der Waals surface area contributed by atoms with Crippen molar-refractivity contribution in [1.82, 2.24) is 15.0 Å².